The molecule has 3 N–H and O–H groups in total. The van der Waals surface area contributed by atoms with Gasteiger partial charge in [0.15, 0.2) is 5.69 Å². The monoisotopic (exact) mass is 571 g/mol. The number of thiophene rings is 1. The van der Waals surface area contributed by atoms with E-state index in [0.29, 0.717) is 16.5 Å². The molecule has 4 heterocycles. The Bertz CT molecular complexity index is 1600. The first kappa shape index (κ1) is 23.8. The highest BCUT2D eigenvalue weighted by atomic mass is 79.9. The Morgan fingerprint density at radius 3 is 2.61 bits per heavy atom. The highest BCUT2D eigenvalue weighted by molar-refractivity contribution is 9.10. The number of pyridine rings is 1. The molecule has 0 spiro atoms. The smallest absolute Gasteiger partial charge is 0.280 e. The van der Waals surface area contributed by atoms with Crippen molar-refractivity contribution in [3.05, 3.63) is 81.8 Å². The molecule has 0 bridgehead atoms. The lowest BCUT2D eigenvalue weighted by Crippen LogP contribution is -2.18. The molecule has 0 atom stereocenters. The van der Waals surface area contributed by atoms with Crippen LogP contribution in [-0.2, 0) is 6.67 Å². The Morgan fingerprint density at radius 2 is 1.94 bits per heavy atom. The summed E-state index contributed by atoms with van der Waals surface area (Å²) in [6.45, 7) is 0.269. The maximum atomic E-state index is 13.6. The normalized spacial score (nSPS) is 11.3. The fraction of sp³-hybridized carbons (Fsp3) is 0.0870. The van der Waals surface area contributed by atoms with Crippen LogP contribution in [0.3, 0.4) is 0 Å². The molecular weight excluding hydrogens is 556 g/mol. The number of rotatable bonds is 7. The topological polar surface area (TPSA) is 121 Å². The first-order valence-electron chi connectivity index (χ1n) is 10.4. The second-order valence-corrected chi connectivity index (χ2v) is 9.56. The van der Waals surface area contributed by atoms with Gasteiger partial charge in [0, 0.05) is 17.8 Å². The molecule has 36 heavy (non-hydrogen) atoms. The van der Waals surface area contributed by atoms with Crippen molar-refractivity contribution < 1.29 is 18.4 Å². The minimum atomic E-state index is -2.83. The van der Waals surface area contributed by atoms with Crippen molar-refractivity contribution in [1.82, 2.24) is 24.5 Å². The SMILES string of the molecule is NC(=O)c1sc2nc(C(F)F)cc(-c3ccccc3)c2c1NC(=O)c1ccn(Cn2cc(Br)cn2)n1. The lowest BCUT2D eigenvalue weighted by molar-refractivity contribution is 0.100. The van der Waals surface area contributed by atoms with Crippen molar-refractivity contribution in [3.8, 4) is 11.1 Å². The van der Waals surface area contributed by atoms with E-state index in [1.807, 2.05) is 0 Å². The van der Waals surface area contributed by atoms with Crippen LogP contribution < -0.4 is 11.1 Å². The zero-order valence-electron chi connectivity index (χ0n) is 18.2. The predicted molar refractivity (Wildman–Crippen MR) is 134 cm³/mol. The predicted octanol–water partition coefficient (Wildman–Crippen LogP) is 4.91. The highest BCUT2D eigenvalue weighted by Crippen LogP contribution is 2.42. The third kappa shape index (κ3) is 4.62. The number of alkyl halides is 2. The number of carbonyl (C=O) groups is 2. The van der Waals surface area contributed by atoms with Gasteiger partial charge in [0.25, 0.3) is 18.2 Å². The van der Waals surface area contributed by atoms with Crippen molar-refractivity contribution in [2.24, 2.45) is 5.73 Å². The first-order chi connectivity index (χ1) is 17.3. The molecule has 5 rings (SSSR count). The number of hydrogen-bond donors (Lipinski definition) is 2. The molecule has 5 aromatic rings. The summed E-state index contributed by atoms with van der Waals surface area (Å²) in [6.07, 6.45) is 2.16. The molecule has 182 valence electrons. The van der Waals surface area contributed by atoms with E-state index in [1.54, 1.807) is 53.6 Å². The lowest BCUT2D eigenvalue weighted by atomic mass is 10.0. The third-order valence-electron chi connectivity index (χ3n) is 5.22. The molecule has 0 fully saturated rings. The van der Waals surface area contributed by atoms with Crippen LogP contribution in [0.1, 0.15) is 32.3 Å². The number of primary amides is 1. The minimum Gasteiger partial charge on any atom is -0.365 e. The van der Waals surface area contributed by atoms with Crippen LogP contribution in [0.15, 0.2) is 65.5 Å². The molecule has 0 saturated carbocycles. The van der Waals surface area contributed by atoms with E-state index in [0.717, 1.165) is 15.8 Å². The van der Waals surface area contributed by atoms with Crippen molar-refractivity contribution in [2.75, 3.05) is 5.32 Å². The third-order valence-corrected chi connectivity index (χ3v) is 6.73. The molecule has 0 radical (unpaired) electrons. The second-order valence-electron chi connectivity index (χ2n) is 7.65. The fourth-order valence-corrected chi connectivity index (χ4v) is 5.01. The van der Waals surface area contributed by atoms with Gasteiger partial charge in [-0.15, -0.1) is 11.3 Å². The number of benzene rings is 1. The maximum absolute atomic E-state index is 13.6. The summed E-state index contributed by atoms with van der Waals surface area (Å²) in [5.74, 6) is -1.42. The van der Waals surface area contributed by atoms with Crippen LogP contribution in [-0.4, -0.2) is 36.4 Å². The number of carbonyl (C=O) groups excluding carboxylic acids is 2. The quantitative estimate of drug-likeness (QED) is 0.287. The average molecular weight is 572 g/mol. The zero-order chi connectivity index (χ0) is 25.4. The summed E-state index contributed by atoms with van der Waals surface area (Å²) >= 11 is 4.16. The minimum absolute atomic E-state index is 0.00438. The van der Waals surface area contributed by atoms with Gasteiger partial charge in [-0.2, -0.15) is 10.2 Å². The van der Waals surface area contributed by atoms with Gasteiger partial charge in [-0.25, -0.2) is 18.4 Å². The summed E-state index contributed by atoms with van der Waals surface area (Å²) in [4.78, 5) is 29.6. The standard InChI is InChI=1S/C23H16BrF2N7O2S/c24-13-9-28-33(10-13)11-32-7-6-15(31-32)22(35)30-18-17-14(12-4-2-1-3-5-12)8-16(20(25)26)29-23(17)36-19(18)21(27)34/h1-10,20H,11H2,(H2,27,34)(H,30,35). The number of nitrogens with one attached hydrogen (secondary N) is 1. The number of amides is 2. The van der Waals surface area contributed by atoms with E-state index in [9.17, 15) is 18.4 Å². The summed E-state index contributed by atoms with van der Waals surface area (Å²) in [6, 6.07) is 11.6. The first-order valence-corrected chi connectivity index (χ1v) is 12.0. The average Bonchev–Trinajstić information content (AvgIpc) is 3.58. The lowest BCUT2D eigenvalue weighted by Gasteiger charge is -2.10. The molecule has 0 aliphatic heterocycles. The largest absolute Gasteiger partial charge is 0.365 e. The van der Waals surface area contributed by atoms with E-state index in [-0.39, 0.29) is 27.8 Å². The summed E-state index contributed by atoms with van der Waals surface area (Å²) in [5.41, 5.74) is 6.33. The van der Waals surface area contributed by atoms with Gasteiger partial charge in [-0.1, -0.05) is 30.3 Å². The number of hydrogen-bond acceptors (Lipinski definition) is 6. The second kappa shape index (κ2) is 9.59. The molecule has 1 aromatic carbocycles. The number of fused-ring (bicyclic) bond motifs is 1. The van der Waals surface area contributed by atoms with Gasteiger partial charge >= 0.3 is 0 Å². The Hall–Kier alpha value is -3.97. The van der Waals surface area contributed by atoms with Gasteiger partial charge in [0.2, 0.25) is 0 Å². The molecule has 0 saturated heterocycles. The van der Waals surface area contributed by atoms with Crippen molar-refractivity contribution in [3.63, 3.8) is 0 Å². The number of nitrogens with two attached hydrogens (primary N) is 1. The van der Waals surface area contributed by atoms with E-state index < -0.39 is 23.9 Å². The zero-order valence-corrected chi connectivity index (χ0v) is 20.6. The highest BCUT2D eigenvalue weighted by Gasteiger charge is 2.25. The fourth-order valence-electron chi connectivity index (χ4n) is 3.67. The van der Waals surface area contributed by atoms with Crippen molar-refractivity contribution >= 4 is 55.0 Å². The van der Waals surface area contributed by atoms with Gasteiger partial charge < -0.3 is 11.1 Å². The van der Waals surface area contributed by atoms with Crippen LogP contribution >= 0.6 is 27.3 Å². The molecule has 0 aliphatic rings. The molecule has 0 aliphatic carbocycles. The van der Waals surface area contributed by atoms with Crippen LogP contribution in [0.4, 0.5) is 14.5 Å². The Kier molecular flexibility index (Phi) is 6.33. The number of aromatic nitrogens is 5. The summed E-state index contributed by atoms with van der Waals surface area (Å²) in [5, 5.41) is 11.5. The van der Waals surface area contributed by atoms with Crippen molar-refractivity contribution in [2.45, 2.75) is 13.1 Å². The summed E-state index contributed by atoms with van der Waals surface area (Å²) in [7, 11) is 0. The molecule has 4 aromatic heterocycles. The maximum Gasteiger partial charge on any atom is 0.280 e. The van der Waals surface area contributed by atoms with Crippen LogP contribution in [0.2, 0.25) is 0 Å². The van der Waals surface area contributed by atoms with E-state index in [1.165, 1.54) is 16.8 Å². The van der Waals surface area contributed by atoms with E-state index in [4.69, 9.17) is 5.73 Å². The van der Waals surface area contributed by atoms with Crippen LogP contribution in [0, 0.1) is 0 Å². The van der Waals surface area contributed by atoms with Crippen molar-refractivity contribution in [1.29, 1.82) is 0 Å². The number of anilines is 1. The van der Waals surface area contributed by atoms with E-state index >= 15 is 0 Å². The van der Waals surface area contributed by atoms with Gasteiger partial charge in [0.1, 0.15) is 22.1 Å². The Morgan fingerprint density at radius 1 is 1.17 bits per heavy atom. The van der Waals surface area contributed by atoms with Gasteiger partial charge in [-0.3, -0.25) is 14.3 Å². The Labute approximate surface area is 214 Å². The molecule has 2 amide bonds. The van der Waals surface area contributed by atoms with Crippen LogP contribution in [0.5, 0.6) is 0 Å². The number of nitrogens with zero attached hydrogens (tertiary/aromatic N) is 5. The number of halogens is 3. The van der Waals surface area contributed by atoms with E-state index in [2.05, 4.69) is 36.4 Å². The van der Waals surface area contributed by atoms with Gasteiger partial charge in [-0.05, 0) is 39.2 Å². The Balaban J connectivity index is 1.56. The molecule has 9 nitrogen and oxygen atoms in total. The molecular formula is C23H16BrF2N7O2S. The summed E-state index contributed by atoms with van der Waals surface area (Å²) < 4.78 is 31.2. The molecule has 13 heteroatoms. The van der Waals surface area contributed by atoms with Crippen LogP contribution in [0.25, 0.3) is 21.3 Å². The molecule has 0 unspecified atom stereocenters. The van der Waals surface area contributed by atoms with Gasteiger partial charge in [0.05, 0.1) is 16.4 Å².